The van der Waals surface area contributed by atoms with Crippen LogP contribution in [0.3, 0.4) is 0 Å². The number of fused-ring (bicyclic) bond motifs is 1. The number of amides is 1. The zero-order valence-electron chi connectivity index (χ0n) is 17.4. The molecule has 158 valence electrons. The van der Waals surface area contributed by atoms with Gasteiger partial charge >= 0.3 is 0 Å². The van der Waals surface area contributed by atoms with Gasteiger partial charge in [-0.25, -0.2) is 4.98 Å². The summed E-state index contributed by atoms with van der Waals surface area (Å²) in [6.07, 6.45) is 2.30. The summed E-state index contributed by atoms with van der Waals surface area (Å²) in [5, 5.41) is 6.50. The van der Waals surface area contributed by atoms with Gasteiger partial charge in [-0.2, -0.15) is 0 Å². The lowest BCUT2D eigenvalue weighted by Crippen LogP contribution is -2.39. The topological polar surface area (TPSA) is 60.8 Å². The highest BCUT2D eigenvalue weighted by Gasteiger charge is 2.19. The number of thiazole rings is 1. The number of nitrogens with zero attached hydrogens (tertiary/aromatic N) is 4. The van der Waals surface area contributed by atoms with Gasteiger partial charge in [0.15, 0.2) is 5.96 Å². The second-order valence-corrected chi connectivity index (χ2v) is 8.19. The summed E-state index contributed by atoms with van der Waals surface area (Å²) in [4.78, 5) is 25.4. The molecule has 0 saturated heterocycles. The number of aliphatic imine (C=N–C) groups is 1. The van der Waals surface area contributed by atoms with Crippen LogP contribution in [-0.2, 0) is 24.3 Å². The number of benzene rings is 1. The molecule has 2 heterocycles. The van der Waals surface area contributed by atoms with Crippen LogP contribution in [-0.4, -0.2) is 53.8 Å². The Labute approximate surface area is 194 Å². The molecule has 1 aromatic heterocycles. The SMILES string of the molecule is CN=C(NCCCC(=O)N1CCc2ccccc2C1)N(C)Cc1csc(C)n1.I. The molecular formula is C21H30IN5OS. The largest absolute Gasteiger partial charge is 0.356 e. The third-order valence-corrected chi connectivity index (χ3v) is 5.80. The van der Waals surface area contributed by atoms with E-state index in [9.17, 15) is 4.79 Å². The van der Waals surface area contributed by atoms with Crippen LogP contribution in [0.15, 0.2) is 34.6 Å². The quantitative estimate of drug-likeness (QED) is 0.271. The third-order valence-electron chi connectivity index (χ3n) is 4.97. The molecule has 1 aliphatic rings. The van der Waals surface area contributed by atoms with E-state index in [2.05, 4.69) is 43.8 Å². The standard InChI is InChI=1S/C21H29N5OS.HI/c1-16-24-19(15-28-16)14-25(3)21(22-2)23-11-6-9-20(27)26-12-10-17-7-4-5-8-18(17)13-26;/h4-5,7-8,15H,6,9-14H2,1-3H3,(H,22,23);1H. The molecule has 1 aliphatic heterocycles. The van der Waals surface area contributed by atoms with Crippen LogP contribution < -0.4 is 5.32 Å². The molecule has 29 heavy (non-hydrogen) atoms. The molecule has 1 N–H and O–H groups in total. The molecule has 0 saturated carbocycles. The van der Waals surface area contributed by atoms with E-state index < -0.39 is 0 Å². The number of nitrogens with one attached hydrogen (secondary N) is 1. The van der Waals surface area contributed by atoms with Gasteiger partial charge in [0.2, 0.25) is 5.91 Å². The van der Waals surface area contributed by atoms with Gasteiger partial charge in [0.1, 0.15) is 0 Å². The highest BCUT2D eigenvalue weighted by molar-refractivity contribution is 14.0. The maximum Gasteiger partial charge on any atom is 0.222 e. The summed E-state index contributed by atoms with van der Waals surface area (Å²) >= 11 is 1.66. The van der Waals surface area contributed by atoms with Crippen molar-refractivity contribution in [3.8, 4) is 0 Å². The van der Waals surface area contributed by atoms with Crippen molar-refractivity contribution in [2.45, 2.75) is 39.3 Å². The first kappa shape index (κ1) is 23.6. The second kappa shape index (κ2) is 11.5. The molecule has 2 aromatic rings. The van der Waals surface area contributed by atoms with Crippen molar-refractivity contribution in [1.29, 1.82) is 0 Å². The van der Waals surface area contributed by atoms with Crippen LogP contribution in [0.2, 0.25) is 0 Å². The van der Waals surface area contributed by atoms with Crippen LogP contribution >= 0.6 is 35.3 Å². The van der Waals surface area contributed by atoms with Crippen molar-refractivity contribution >= 4 is 47.2 Å². The molecule has 0 atom stereocenters. The molecule has 0 bridgehead atoms. The molecule has 0 aliphatic carbocycles. The summed E-state index contributed by atoms with van der Waals surface area (Å²) in [6, 6.07) is 8.41. The van der Waals surface area contributed by atoms with Gasteiger partial charge in [-0.05, 0) is 30.9 Å². The number of aromatic nitrogens is 1. The van der Waals surface area contributed by atoms with E-state index in [0.29, 0.717) is 6.42 Å². The third kappa shape index (κ3) is 6.67. The van der Waals surface area contributed by atoms with Gasteiger partial charge in [-0.3, -0.25) is 9.79 Å². The minimum atomic E-state index is 0. The summed E-state index contributed by atoms with van der Waals surface area (Å²) in [6.45, 7) is 5.01. The summed E-state index contributed by atoms with van der Waals surface area (Å²) in [5.74, 6) is 1.06. The van der Waals surface area contributed by atoms with Gasteiger partial charge in [0.05, 0.1) is 17.2 Å². The van der Waals surface area contributed by atoms with E-state index in [0.717, 1.165) is 55.7 Å². The number of hydrogen-bond acceptors (Lipinski definition) is 4. The lowest BCUT2D eigenvalue weighted by atomic mass is 9.99. The Bertz CT molecular complexity index is 838. The van der Waals surface area contributed by atoms with Crippen LogP contribution in [0, 0.1) is 6.92 Å². The first-order valence-corrected chi connectivity index (χ1v) is 10.6. The molecule has 1 amide bonds. The first-order chi connectivity index (χ1) is 13.6. The fourth-order valence-corrected chi connectivity index (χ4v) is 4.09. The molecule has 8 heteroatoms. The van der Waals surface area contributed by atoms with Crippen molar-refractivity contribution in [2.24, 2.45) is 4.99 Å². The fraction of sp³-hybridized carbons (Fsp3) is 0.476. The maximum absolute atomic E-state index is 12.5. The number of guanidine groups is 1. The summed E-state index contributed by atoms with van der Waals surface area (Å²) < 4.78 is 0. The minimum absolute atomic E-state index is 0. The lowest BCUT2D eigenvalue weighted by molar-refractivity contribution is -0.132. The zero-order chi connectivity index (χ0) is 19.9. The molecular weight excluding hydrogens is 497 g/mol. The van der Waals surface area contributed by atoms with Gasteiger partial charge in [-0.15, -0.1) is 35.3 Å². The van der Waals surface area contributed by atoms with E-state index in [1.807, 2.05) is 24.9 Å². The number of halogens is 1. The van der Waals surface area contributed by atoms with Crippen molar-refractivity contribution in [3.63, 3.8) is 0 Å². The number of hydrogen-bond donors (Lipinski definition) is 1. The highest BCUT2D eigenvalue weighted by Crippen LogP contribution is 2.19. The Morgan fingerprint density at radius 2 is 2.10 bits per heavy atom. The van der Waals surface area contributed by atoms with E-state index in [1.165, 1.54) is 11.1 Å². The lowest BCUT2D eigenvalue weighted by Gasteiger charge is -2.29. The Balaban J connectivity index is 0.00000300. The number of carbonyl (C=O) groups excluding carboxylic acids is 1. The average molecular weight is 527 g/mol. The molecule has 0 radical (unpaired) electrons. The normalized spacial score (nSPS) is 13.5. The number of aryl methyl sites for hydroxylation is 1. The van der Waals surface area contributed by atoms with E-state index in [-0.39, 0.29) is 29.9 Å². The maximum atomic E-state index is 12.5. The Morgan fingerprint density at radius 1 is 1.34 bits per heavy atom. The van der Waals surface area contributed by atoms with Crippen LogP contribution in [0.1, 0.15) is 34.7 Å². The highest BCUT2D eigenvalue weighted by atomic mass is 127. The zero-order valence-corrected chi connectivity index (χ0v) is 20.5. The molecule has 0 fully saturated rings. The Kier molecular flexibility index (Phi) is 9.35. The monoisotopic (exact) mass is 527 g/mol. The molecule has 0 spiro atoms. The van der Waals surface area contributed by atoms with E-state index in [4.69, 9.17) is 0 Å². The Morgan fingerprint density at radius 3 is 2.79 bits per heavy atom. The van der Waals surface area contributed by atoms with Crippen molar-refractivity contribution in [3.05, 3.63) is 51.5 Å². The van der Waals surface area contributed by atoms with Gasteiger partial charge in [0, 0.05) is 45.5 Å². The second-order valence-electron chi connectivity index (χ2n) is 7.13. The summed E-state index contributed by atoms with van der Waals surface area (Å²) in [7, 11) is 3.78. The van der Waals surface area contributed by atoms with E-state index in [1.54, 1.807) is 18.4 Å². The van der Waals surface area contributed by atoms with Crippen LogP contribution in [0.5, 0.6) is 0 Å². The first-order valence-electron chi connectivity index (χ1n) is 9.74. The predicted octanol–water partition coefficient (Wildman–Crippen LogP) is 3.44. The molecule has 6 nitrogen and oxygen atoms in total. The fourth-order valence-electron chi connectivity index (χ4n) is 3.49. The van der Waals surface area contributed by atoms with Crippen molar-refractivity contribution in [1.82, 2.24) is 20.1 Å². The summed E-state index contributed by atoms with van der Waals surface area (Å²) in [5.41, 5.74) is 3.70. The molecule has 0 unspecified atom stereocenters. The van der Waals surface area contributed by atoms with Gasteiger partial charge in [0.25, 0.3) is 0 Å². The van der Waals surface area contributed by atoms with Crippen LogP contribution in [0.25, 0.3) is 0 Å². The van der Waals surface area contributed by atoms with E-state index >= 15 is 0 Å². The smallest absolute Gasteiger partial charge is 0.222 e. The van der Waals surface area contributed by atoms with Gasteiger partial charge in [-0.1, -0.05) is 24.3 Å². The van der Waals surface area contributed by atoms with Crippen molar-refractivity contribution < 1.29 is 4.79 Å². The average Bonchev–Trinajstić information content (AvgIpc) is 3.11. The van der Waals surface area contributed by atoms with Gasteiger partial charge < -0.3 is 15.1 Å². The molecule has 1 aromatic carbocycles. The molecule has 3 rings (SSSR count). The minimum Gasteiger partial charge on any atom is -0.356 e. The number of rotatable bonds is 6. The van der Waals surface area contributed by atoms with Crippen molar-refractivity contribution in [2.75, 3.05) is 27.2 Å². The Hall–Kier alpha value is -1.68. The predicted molar refractivity (Wildman–Crippen MR) is 130 cm³/mol. The number of carbonyl (C=O) groups is 1. The van der Waals surface area contributed by atoms with Crippen LogP contribution in [0.4, 0.5) is 0 Å².